The molecule has 0 aliphatic heterocycles. The summed E-state index contributed by atoms with van der Waals surface area (Å²) < 4.78 is 31.5. The summed E-state index contributed by atoms with van der Waals surface area (Å²) in [7, 11) is -3.56. The Morgan fingerprint density at radius 1 is 0.844 bits per heavy atom. The Balaban J connectivity index is 1.92. The van der Waals surface area contributed by atoms with Crippen molar-refractivity contribution in [1.29, 1.82) is 0 Å². The van der Waals surface area contributed by atoms with Crippen LogP contribution in [0.4, 0.5) is 11.4 Å². The number of amides is 1. The fourth-order valence-corrected chi connectivity index (χ4v) is 4.69. The Morgan fingerprint density at radius 3 is 1.91 bits per heavy atom. The van der Waals surface area contributed by atoms with Crippen LogP contribution in [0.3, 0.4) is 0 Å². The Morgan fingerprint density at radius 2 is 1.41 bits per heavy atom. The third-order valence-corrected chi connectivity index (χ3v) is 7.11. The SMILES string of the molecule is CCN(CC)c1ccc(C(=O)OCC(=O)Nc2ccc(S(=O)(=O)N(CC)CC)cc2)cc1. The number of sulfonamides is 1. The highest BCUT2D eigenvalue weighted by atomic mass is 32.2. The molecule has 1 amide bonds. The van der Waals surface area contributed by atoms with Crippen molar-refractivity contribution in [1.82, 2.24) is 4.31 Å². The van der Waals surface area contributed by atoms with Gasteiger partial charge in [-0.15, -0.1) is 0 Å². The molecule has 9 heteroatoms. The largest absolute Gasteiger partial charge is 0.452 e. The molecule has 0 heterocycles. The molecule has 32 heavy (non-hydrogen) atoms. The molecule has 0 radical (unpaired) electrons. The van der Waals surface area contributed by atoms with E-state index < -0.39 is 28.5 Å². The van der Waals surface area contributed by atoms with E-state index in [1.165, 1.54) is 28.6 Å². The minimum atomic E-state index is -3.56. The standard InChI is InChI=1S/C23H31N3O5S/c1-5-25(6-2)20-13-9-18(10-14-20)23(28)31-17-22(27)24-19-11-15-21(16-12-19)32(29,30)26(7-3)8-4/h9-16H,5-8,17H2,1-4H3,(H,24,27). The van der Waals surface area contributed by atoms with Crippen LogP contribution < -0.4 is 10.2 Å². The summed E-state index contributed by atoms with van der Waals surface area (Å²) in [4.78, 5) is 26.6. The van der Waals surface area contributed by atoms with Gasteiger partial charge in [0, 0.05) is 37.6 Å². The first-order valence-electron chi connectivity index (χ1n) is 10.7. The van der Waals surface area contributed by atoms with Gasteiger partial charge in [-0.05, 0) is 62.4 Å². The maximum atomic E-state index is 12.5. The van der Waals surface area contributed by atoms with E-state index in [0.29, 0.717) is 24.3 Å². The van der Waals surface area contributed by atoms with Crippen LogP contribution in [0.2, 0.25) is 0 Å². The predicted octanol–water partition coefficient (Wildman–Crippen LogP) is 3.36. The highest BCUT2D eigenvalue weighted by molar-refractivity contribution is 7.89. The molecule has 0 bridgehead atoms. The number of nitrogens with one attached hydrogen (secondary N) is 1. The Hall–Kier alpha value is -2.91. The van der Waals surface area contributed by atoms with Gasteiger partial charge in [-0.3, -0.25) is 4.79 Å². The highest BCUT2D eigenvalue weighted by Crippen LogP contribution is 2.18. The lowest BCUT2D eigenvalue weighted by Gasteiger charge is -2.20. The molecule has 2 aromatic carbocycles. The van der Waals surface area contributed by atoms with Crippen LogP contribution in [0.15, 0.2) is 53.4 Å². The first-order chi connectivity index (χ1) is 15.3. The number of hydrogen-bond donors (Lipinski definition) is 1. The third-order valence-electron chi connectivity index (χ3n) is 5.05. The quantitative estimate of drug-likeness (QED) is 0.516. The van der Waals surface area contributed by atoms with Gasteiger partial charge >= 0.3 is 5.97 Å². The number of ether oxygens (including phenoxy) is 1. The van der Waals surface area contributed by atoms with Gasteiger partial charge in [-0.2, -0.15) is 4.31 Å². The van der Waals surface area contributed by atoms with Crippen molar-refractivity contribution in [3.8, 4) is 0 Å². The fraction of sp³-hybridized carbons (Fsp3) is 0.391. The van der Waals surface area contributed by atoms with Gasteiger partial charge in [0.25, 0.3) is 5.91 Å². The predicted molar refractivity (Wildman–Crippen MR) is 125 cm³/mol. The van der Waals surface area contributed by atoms with Crippen molar-refractivity contribution >= 4 is 33.3 Å². The monoisotopic (exact) mass is 461 g/mol. The highest BCUT2D eigenvalue weighted by Gasteiger charge is 2.21. The zero-order valence-corrected chi connectivity index (χ0v) is 19.8. The van der Waals surface area contributed by atoms with Gasteiger partial charge in [0.1, 0.15) is 0 Å². The van der Waals surface area contributed by atoms with Gasteiger partial charge in [0.05, 0.1) is 10.5 Å². The zero-order valence-electron chi connectivity index (χ0n) is 19.0. The van der Waals surface area contributed by atoms with Gasteiger partial charge in [-0.1, -0.05) is 13.8 Å². The van der Waals surface area contributed by atoms with Crippen molar-refractivity contribution < 1.29 is 22.7 Å². The lowest BCUT2D eigenvalue weighted by molar-refractivity contribution is -0.119. The first kappa shape index (κ1) is 25.4. The van der Waals surface area contributed by atoms with Crippen molar-refractivity contribution in [2.24, 2.45) is 0 Å². The summed E-state index contributed by atoms with van der Waals surface area (Å²) >= 11 is 0. The summed E-state index contributed by atoms with van der Waals surface area (Å²) in [6, 6.07) is 12.9. The van der Waals surface area contributed by atoms with Crippen molar-refractivity contribution in [2.45, 2.75) is 32.6 Å². The number of carbonyl (C=O) groups excluding carboxylic acids is 2. The van der Waals surface area contributed by atoms with Crippen molar-refractivity contribution in [2.75, 3.05) is 43.0 Å². The molecule has 0 aromatic heterocycles. The second-order valence-electron chi connectivity index (χ2n) is 6.96. The average molecular weight is 462 g/mol. The van der Waals surface area contributed by atoms with E-state index in [9.17, 15) is 18.0 Å². The van der Waals surface area contributed by atoms with Crippen LogP contribution in [0.5, 0.6) is 0 Å². The van der Waals surface area contributed by atoms with E-state index in [1.54, 1.807) is 26.0 Å². The Bertz CT molecular complexity index is 997. The fourth-order valence-electron chi connectivity index (χ4n) is 3.23. The lowest BCUT2D eigenvalue weighted by atomic mass is 10.2. The molecule has 0 atom stereocenters. The molecule has 0 aliphatic rings. The van der Waals surface area contributed by atoms with Crippen LogP contribution in [0, 0.1) is 0 Å². The Kier molecular flexibility index (Phi) is 9.22. The first-order valence-corrected chi connectivity index (χ1v) is 12.1. The van der Waals surface area contributed by atoms with Crippen LogP contribution in [0.1, 0.15) is 38.1 Å². The van der Waals surface area contributed by atoms with Gasteiger partial charge in [0.2, 0.25) is 10.0 Å². The molecule has 1 N–H and O–H groups in total. The molecular weight excluding hydrogens is 430 g/mol. The van der Waals surface area contributed by atoms with Gasteiger partial charge in [-0.25, -0.2) is 13.2 Å². The van der Waals surface area contributed by atoms with Crippen molar-refractivity contribution in [3.05, 3.63) is 54.1 Å². The number of benzene rings is 2. The average Bonchev–Trinajstić information content (AvgIpc) is 2.79. The molecule has 0 saturated carbocycles. The third kappa shape index (κ3) is 6.30. The molecular formula is C23H31N3O5S. The lowest BCUT2D eigenvalue weighted by Crippen LogP contribution is -2.30. The number of nitrogens with zero attached hydrogens (tertiary/aromatic N) is 2. The number of esters is 1. The summed E-state index contributed by atoms with van der Waals surface area (Å²) in [5.74, 6) is -1.11. The number of hydrogen-bond acceptors (Lipinski definition) is 6. The number of carbonyl (C=O) groups is 2. The molecule has 0 unspecified atom stereocenters. The van der Waals surface area contributed by atoms with E-state index in [0.717, 1.165) is 18.8 Å². The van der Waals surface area contributed by atoms with Crippen LogP contribution in [0.25, 0.3) is 0 Å². The minimum Gasteiger partial charge on any atom is -0.452 e. The van der Waals surface area contributed by atoms with Gasteiger partial charge < -0.3 is 15.0 Å². The summed E-state index contributed by atoms with van der Waals surface area (Å²) in [5, 5.41) is 2.59. The maximum absolute atomic E-state index is 12.5. The molecule has 0 spiro atoms. The van der Waals surface area contributed by atoms with Crippen molar-refractivity contribution in [3.63, 3.8) is 0 Å². The molecule has 2 rings (SSSR count). The normalized spacial score (nSPS) is 11.3. The molecule has 174 valence electrons. The minimum absolute atomic E-state index is 0.152. The molecule has 8 nitrogen and oxygen atoms in total. The summed E-state index contributed by atoms with van der Waals surface area (Å²) in [6.45, 7) is 9.69. The van der Waals surface area contributed by atoms with Crippen LogP contribution in [-0.4, -0.2) is 57.4 Å². The van der Waals surface area contributed by atoms with E-state index in [-0.39, 0.29) is 4.90 Å². The number of anilines is 2. The molecule has 0 fully saturated rings. The van der Waals surface area contributed by atoms with Crippen LogP contribution >= 0.6 is 0 Å². The molecule has 0 saturated heterocycles. The molecule has 0 aliphatic carbocycles. The van der Waals surface area contributed by atoms with E-state index in [2.05, 4.69) is 24.1 Å². The van der Waals surface area contributed by atoms with E-state index in [1.807, 2.05) is 12.1 Å². The molecule has 2 aromatic rings. The number of rotatable bonds is 11. The zero-order chi connectivity index (χ0) is 23.7. The summed E-state index contributed by atoms with van der Waals surface area (Å²) in [6.07, 6.45) is 0. The van der Waals surface area contributed by atoms with Gasteiger partial charge in [0.15, 0.2) is 6.61 Å². The second kappa shape index (κ2) is 11.6. The smallest absolute Gasteiger partial charge is 0.338 e. The van der Waals surface area contributed by atoms with E-state index in [4.69, 9.17) is 4.74 Å². The Labute approximate surface area is 190 Å². The summed E-state index contributed by atoms with van der Waals surface area (Å²) in [5.41, 5.74) is 1.78. The van der Waals surface area contributed by atoms with Crippen LogP contribution in [-0.2, 0) is 19.6 Å². The topological polar surface area (TPSA) is 96.0 Å². The second-order valence-corrected chi connectivity index (χ2v) is 8.90. The maximum Gasteiger partial charge on any atom is 0.338 e. The van der Waals surface area contributed by atoms with E-state index >= 15 is 0 Å².